The molecular weight excluding hydrogens is 356 g/mol. The summed E-state index contributed by atoms with van der Waals surface area (Å²) in [7, 11) is 0. The molecule has 0 aliphatic rings. The van der Waals surface area contributed by atoms with E-state index in [4.69, 9.17) is 23.2 Å². The summed E-state index contributed by atoms with van der Waals surface area (Å²) in [6.45, 7) is 0. The Hall–Kier alpha value is -1.10. The highest BCUT2D eigenvalue weighted by atomic mass is 79.9. The van der Waals surface area contributed by atoms with Gasteiger partial charge in [0.05, 0.1) is 11.3 Å². The number of carbonyl (C=O) groups excluding carboxylic acids is 1. The minimum absolute atomic E-state index is 0.126. The van der Waals surface area contributed by atoms with Crippen LogP contribution in [0, 0.1) is 5.82 Å². The summed E-state index contributed by atoms with van der Waals surface area (Å²) in [5, 5.41) is 3.32. The summed E-state index contributed by atoms with van der Waals surface area (Å²) in [4.78, 5) is 12.0. The summed E-state index contributed by atoms with van der Waals surface area (Å²) < 4.78 is 14.2. The number of carbonyl (C=O) groups is 1. The Morgan fingerprint density at radius 1 is 1.11 bits per heavy atom. The Labute approximate surface area is 127 Å². The van der Waals surface area contributed by atoms with Gasteiger partial charge in [-0.25, -0.2) is 4.39 Å². The first-order valence-electron chi connectivity index (χ1n) is 5.19. The molecule has 0 fully saturated rings. The highest BCUT2D eigenvalue weighted by Gasteiger charge is 2.14. The largest absolute Gasteiger partial charge is 0.321 e. The molecule has 0 aliphatic carbocycles. The molecule has 1 amide bonds. The summed E-state index contributed by atoms with van der Waals surface area (Å²) >= 11 is 14.9. The maximum atomic E-state index is 13.5. The van der Waals surface area contributed by atoms with Crippen LogP contribution in [0.2, 0.25) is 10.0 Å². The molecule has 0 aromatic heterocycles. The van der Waals surface area contributed by atoms with E-state index in [0.29, 0.717) is 15.2 Å². The monoisotopic (exact) mass is 361 g/mol. The molecule has 2 aromatic carbocycles. The predicted molar refractivity (Wildman–Crippen MR) is 78.5 cm³/mol. The second kappa shape index (κ2) is 5.90. The zero-order chi connectivity index (χ0) is 14.0. The van der Waals surface area contributed by atoms with Gasteiger partial charge in [0.25, 0.3) is 5.91 Å². The van der Waals surface area contributed by atoms with Crippen molar-refractivity contribution in [1.82, 2.24) is 0 Å². The molecule has 6 heteroatoms. The van der Waals surface area contributed by atoms with E-state index in [-0.39, 0.29) is 10.6 Å². The van der Waals surface area contributed by atoms with Crippen molar-refractivity contribution in [3.8, 4) is 0 Å². The quantitative estimate of drug-likeness (QED) is 0.786. The number of halogens is 4. The number of amides is 1. The zero-order valence-electron chi connectivity index (χ0n) is 9.38. The van der Waals surface area contributed by atoms with Gasteiger partial charge >= 0.3 is 0 Å². The SMILES string of the molecule is O=C(Nc1cc(Cl)ccc1Br)c1cc(Cl)ccc1F. The third kappa shape index (κ3) is 3.47. The Morgan fingerprint density at radius 3 is 2.47 bits per heavy atom. The standard InChI is InChI=1S/C13H7BrCl2FNO/c14-10-3-1-8(16)6-12(10)18-13(19)9-5-7(15)2-4-11(9)17/h1-6H,(H,18,19). The van der Waals surface area contributed by atoms with Gasteiger partial charge in [-0.2, -0.15) is 0 Å². The highest BCUT2D eigenvalue weighted by molar-refractivity contribution is 9.10. The first-order chi connectivity index (χ1) is 8.97. The fraction of sp³-hybridized carbons (Fsp3) is 0. The predicted octanol–water partition coefficient (Wildman–Crippen LogP) is 5.15. The van der Waals surface area contributed by atoms with Crippen LogP contribution in [-0.2, 0) is 0 Å². The van der Waals surface area contributed by atoms with E-state index in [9.17, 15) is 9.18 Å². The number of nitrogens with one attached hydrogen (secondary N) is 1. The first-order valence-corrected chi connectivity index (χ1v) is 6.74. The number of hydrogen-bond acceptors (Lipinski definition) is 1. The summed E-state index contributed by atoms with van der Waals surface area (Å²) in [6, 6.07) is 8.71. The van der Waals surface area contributed by atoms with Crippen LogP contribution in [0.15, 0.2) is 40.9 Å². The molecule has 0 saturated carbocycles. The number of benzene rings is 2. The topological polar surface area (TPSA) is 29.1 Å². The van der Waals surface area contributed by atoms with Crippen LogP contribution in [0.4, 0.5) is 10.1 Å². The first kappa shape index (κ1) is 14.3. The molecule has 0 spiro atoms. The van der Waals surface area contributed by atoms with Gasteiger partial charge in [-0.15, -0.1) is 0 Å². The maximum Gasteiger partial charge on any atom is 0.258 e. The lowest BCUT2D eigenvalue weighted by Crippen LogP contribution is -2.14. The van der Waals surface area contributed by atoms with Crippen molar-refractivity contribution in [1.29, 1.82) is 0 Å². The van der Waals surface area contributed by atoms with Crippen molar-refractivity contribution in [2.45, 2.75) is 0 Å². The third-order valence-corrected chi connectivity index (χ3v) is 3.51. The van der Waals surface area contributed by atoms with Crippen LogP contribution in [0.25, 0.3) is 0 Å². The van der Waals surface area contributed by atoms with Crippen molar-refractivity contribution in [2.75, 3.05) is 5.32 Å². The molecule has 0 radical (unpaired) electrons. The Balaban J connectivity index is 2.30. The van der Waals surface area contributed by atoms with Gasteiger partial charge in [0, 0.05) is 14.5 Å². The van der Waals surface area contributed by atoms with Gasteiger partial charge in [0.15, 0.2) is 0 Å². The normalized spacial score (nSPS) is 10.3. The Kier molecular flexibility index (Phi) is 4.45. The second-order valence-electron chi connectivity index (χ2n) is 3.70. The molecule has 0 unspecified atom stereocenters. The number of anilines is 1. The van der Waals surface area contributed by atoms with E-state index in [1.165, 1.54) is 12.1 Å². The van der Waals surface area contributed by atoms with Crippen LogP contribution in [-0.4, -0.2) is 5.91 Å². The molecule has 2 aromatic rings. The van der Waals surface area contributed by atoms with Gasteiger partial charge in [0.1, 0.15) is 5.82 Å². The minimum Gasteiger partial charge on any atom is -0.321 e. The smallest absolute Gasteiger partial charge is 0.258 e. The van der Waals surface area contributed by atoms with E-state index in [1.807, 2.05) is 0 Å². The van der Waals surface area contributed by atoms with Crippen LogP contribution >= 0.6 is 39.1 Å². The summed E-state index contributed by atoms with van der Waals surface area (Å²) in [6.07, 6.45) is 0. The highest BCUT2D eigenvalue weighted by Crippen LogP contribution is 2.27. The Bertz CT molecular complexity index is 649. The van der Waals surface area contributed by atoms with E-state index in [0.717, 1.165) is 6.07 Å². The van der Waals surface area contributed by atoms with E-state index < -0.39 is 11.7 Å². The molecule has 19 heavy (non-hydrogen) atoms. The van der Waals surface area contributed by atoms with Crippen molar-refractivity contribution < 1.29 is 9.18 Å². The zero-order valence-corrected chi connectivity index (χ0v) is 12.5. The molecule has 2 rings (SSSR count). The van der Waals surface area contributed by atoms with Crippen molar-refractivity contribution in [3.63, 3.8) is 0 Å². The average Bonchev–Trinajstić information content (AvgIpc) is 2.36. The third-order valence-electron chi connectivity index (χ3n) is 2.35. The van der Waals surface area contributed by atoms with Crippen molar-refractivity contribution >= 4 is 50.7 Å². The minimum atomic E-state index is -0.639. The molecule has 0 bridgehead atoms. The molecule has 98 valence electrons. The van der Waals surface area contributed by atoms with Crippen molar-refractivity contribution in [2.24, 2.45) is 0 Å². The molecular formula is C13H7BrCl2FNO. The number of hydrogen-bond donors (Lipinski definition) is 1. The van der Waals surface area contributed by atoms with Crippen LogP contribution in [0.5, 0.6) is 0 Å². The lowest BCUT2D eigenvalue weighted by atomic mass is 10.2. The average molecular weight is 363 g/mol. The van der Waals surface area contributed by atoms with Gasteiger partial charge in [0.2, 0.25) is 0 Å². The Morgan fingerprint density at radius 2 is 1.74 bits per heavy atom. The van der Waals surface area contributed by atoms with Gasteiger partial charge in [-0.3, -0.25) is 4.79 Å². The fourth-order valence-electron chi connectivity index (χ4n) is 1.45. The van der Waals surface area contributed by atoms with Crippen LogP contribution < -0.4 is 5.32 Å². The molecule has 0 saturated heterocycles. The van der Waals surface area contributed by atoms with Gasteiger partial charge in [-0.05, 0) is 52.3 Å². The molecule has 0 heterocycles. The van der Waals surface area contributed by atoms with Crippen LogP contribution in [0.1, 0.15) is 10.4 Å². The molecule has 0 aliphatic heterocycles. The van der Waals surface area contributed by atoms with E-state index in [2.05, 4.69) is 21.2 Å². The van der Waals surface area contributed by atoms with Crippen molar-refractivity contribution in [3.05, 3.63) is 62.3 Å². The number of rotatable bonds is 2. The summed E-state index contributed by atoms with van der Waals surface area (Å²) in [5.41, 5.74) is 0.330. The van der Waals surface area contributed by atoms with E-state index in [1.54, 1.807) is 18.2 Å². The molecule has 0 atom stereocenters. The maximum absolute atomic E-state index is 13.5. The van der Waals surface area contributed by atoms with E-state index >= 15 is 0 Å². The lowest BCUT2D eigenvalue weighted by Gasteiger charge is -2.08. The van der Waals surface area contributed by atoms with Gasteiger partial charge < -0.3 is 5.32 Å². The lowest BCUT2D eigenvalue weighted by molar-refractivity contribution is 0.102. The molecule has 1 N–H and O–H groups in total. The van der Waals surface area contributed by atoms with Gasteiger partial charge in [-0.1, -0.05) is 23.2 Å². The fourth-order valence-corrected chi connectivity index (χ4v) is 2.14. The van der Waals surface area contributed by atoms with Crippen LogP contribution in [0.3, 0.4) is 0 Å². The summed E-state index contributed by atoms with van der Waals surface area (Å²) in [5.74, 6) is -1.23. The second-order valence-corrected chi connectivity index (χ2v) is 5.43. The molecule has 2 nitrogen and oxygen atoms in total.